The van der Waals surface area contributed by atoms with E-state index in [4.69, 9.17) is 0 Å². The van der Waals surface area contributed by atoms with Gasteiger partial charge < -0.3 is 0 Å². The van der Waals surface area contributed by atoms with Crippen molar-refractivity contribution >= 4 is 22.2 Å². The van der Waals surface area contributed by atoms with Gasteiger partial charge in [0, 0.05) is 5.56 Å². The minimum atomic E-state index is 0.671. The molecule has 3 nitrogen and oxygen atoms in total. The van der Waals surface area contributed by atoms with Gasteiger partial charge in [-0.2, -0.15) is 5.10 Å². The van der Waals surface area contributed by atoms with Gasteiger partial charge in [0.25, 0.3) is 0 Å². The van der Waals surface area contributed by atoms with Crippen LogP contribution in [0, 0.1) is 13.8 Å². The molecular weight excluding hydrogens is 268 g/mol. The molecule has 4 heteroatoms. The van der Waals surface area contributed by atoms with E-state index in [0.29, 0.717) is 5.56 Å². The molecule has 0 fully saturated rings. The van der Waals surface area contributed by atoms with Crippen LogP contribution >= 0.6 is 15.9 Å². The highest BCUT2D eigenvalue weighted by molar-refractivity contribution is 9.10. The lowest BCUT2D eigenvalue weighted by atomic mass is 10.2. The number of aldehydes is 1. The summed E-state index contributed by atoms with van der Waals surface area (Å²) in [6.07, 6.45) is 0.834. The van der Waals surface area contributed by atoms with Crippen molar-refractivity contribution in [1.82, 2.24) is 9.78 Å². The average Bonchev–Trinajstić information content (AvgIpc) is 2.57. The average molecular weight is 279 g/mol. The lowest BCUT2D eigenvalue weighted by Crippen LogP contribution is -1.99. The molecule has 2 rings (SSSR count). The number of halogens is 1. The van der Waals surface area contributed by atoms with Crippen molar-refractivity contribution in [3.63, 3.8) is 0 Å². The van der Waals surface area contributed by atoms with Crippen molar-refractivity contribution in [2.75, 3.05) is 0 Å². The molecule has 82 valence electrons. The molecule has 0 saturated carbocycles. The number of nitrogens with zero attached hydrogens (tertiary/aromatic N) is 2. The highest BCUT2D eigenvalue weighted by atomic mass is 79.9. The second-order valence-corrected chi connectivity index (χ2v) is 4.40. The van der Waals surface area contributed by atoms with Crippen molar-refractivity contribution in [1.29, 1.82) is 0 Å². The Bertz CT molecular complexity index is 529. The zero-order valence-corrected chi connectivity index (χ0v) is 10.7. The summed E-state index contributed by atoms with van der Waals surface area (Å²) in [5.41, 5.74) is 3.63. The maximum Gasteiger partial charge on any atom is 0.150 e. The Balaban J connectivity index is 2.50. The first-order valence-corrected chi connectivity index (χ1v) is 5.70. The van der Waals surface area contributed by atoms with E-state index in [1.54, 1.807) is 12.1 Å². The molecule has 0 radical (unpaired) electrons. The molecule has 16 heavy (non-hydrogen) atoms. The standard InChI is InChI=1S/C12H11BrN2O/c1-8-12(13)9(2)15(14-8)11-5-3-10(7-16)4-6-11/h3-7H,1-2H3. The van der Waals surface area contributed by atoms with E-state index in [1.807, 2.05) is 30.7 Å². The first-order chi connectivity index (χ1) is 7.63. The van der Waals surface area contributed by atoms with Crippen molar-refractivity contribution < 1.29 is 4.79 Å². The summed E-state index contributed by atoms with van der Waals surface area (Å²) in [5, 5.41) is 4.42. The molecule has 0 aliphatic heterocycles. The molecule has 1 aromatic carbocycles. The number of aromatic nitrogens is 2. The van der Waals surface area contributed by atoms with Crippen LogP contribution in [0.3, 0.4) is 0 Å². The quantitative estimate of drug-likeness (QED) is 0.792. The number of hydrogen-bond acceptors (Lipinski definition) is 2. The Morgan fingerprint density at radius 2 is 1.88 bits per heavy atom. The predicted octanol–water partition coefficient (Wildman–Crippen LogP) is 3.06. The maximum absolute atomic E-state index is 10.5. The van der Waals surface area contributed by atoms with Crippen LogP contribution in [-0.2, 0) is 0 Å². The number of carbonyl (C=O) groups excluding carboxylic acids is 1. The van der Waals surface area contributed by atoms with Gasteiger partial charge in [0.15, 0.2) is 0 Å². The summed E-state index contributed by atoms with van der Waals surface area (Å²) in [4.78, 5) is 10.5. The van der Waals surface area contributed by atoms with E-state index in [2.05, 4.69) is 21.0 Å². The van der Waals surface area contributed by atoms with E-state index in [1.165, 1.54) is 0 Å². The van der Waals surface area contributed by atoms with Crippen molar-refractivity contribution in [3.05, 3.63) is 45.7 Å². The number of benzene rings is 1. The molecule has 1 heterocycles. The van der Waals surface area contributed by atoms with Crippen LogP contribution in [0.15, 0.2) is 28.7 Å². The normalized spacial score (nSPS) is 10.4. The Kier molecular flexibility index (Phi) is 2.92. The monoisotopic (exact) mass is 278 g/mol. The molecule has 0 unspecified atom stereocenters. The highest BCUT2D eigenvalue weighted by Crippen LogP contribution is 2.22. The lowest BCUT2D eigenvalue weighted by Gasteiger charge is -2.04. The lowest BCUT2D eigenvalue weighted by molar-refractivity contribution is 0.112. The minimum absolute atomic E-state index is 0.671. The molecule has 0 bridgehead atoms. The number of rotatable bonds is 2. The molecule has 0 aliphatic carbocycles. The fraction of sp³-hybridized carbons (Fsp3) is 0.167. The van der Waals surface area contributed by atoms with Crippen molar-refractivity contribution in [3.8, 4) is 5.69 Å². The molecule has 0 N–H and O–H groups in total. The van der Waals surface area contributed by atoms with Gasteiger partial charge in [-0.3, -0.25) is 4.79 Å². The van der Waals surface area contributed by atoms with E-state index >= 15 is 0 Å². The van der Waals surface area contributed by atoms with Gasteiger partial charge >= 0.3 is 0 Å². The molecule has 0 aliphatic rings. The van der Waals surface area contributed by atoms with Gasteiger partial charge in [-0.05, 0) is 54.0 Å². The highest BCUT2D eigenvalue weighted by Gasteiger charge is 2.09. The number of aryl methyl sites for hydroxylation is 1. The Hall–Kier alpha value is -1.42. The first kappa shape index (κ1) is 11.1. The van der Waals surface area contributed by atoms with E-state index in [9.17, 15) is 4.79 Å². The third-order valence-electron chi connectivity index (χ3n) is 2.48. The molecule has 0 amide bonds. The molecular formula is C12H11BrN2O. The number of carbonyl (C=O) groups is 1. The molecule has 0 saturated heterocycles. The van der Waals surface area contributed by atoms with E-state index < -0.39 is 0 Å². The first-order valence-electron chi connectivity index (χ1n) is 4.91. The Morgan fingerprint density at radius 1 is 1.25 bits per heavy atom. The van der Waals surface area contributed by atoms with Gasteiger partial charge in [-0.25, -0.2) is 4.68 Å². The smallest absolute Gasteiger partial charge is 0.150 e. The maximum atomic E-state index is 10.5. The molecule has 1 aromatic heterocycles. The van der Waals surface area contributed by atoms with Gasteiger partial charge in [0.2, 0.25) is 0 Å². The van der Waals surface area contributed by atoms with Crippen molar-refractivity contribution in [2.24, 2.45) is 0 Å². The Labute approximate surface area is 102 Å². The van der Waals surface area contributed by atoms with Crippen LogP contribution in [-0.4, -0.2) is 16.1 Å². The SMILES string of the molecule is Cc1nn(-c2ccc(C=O)cc2)c(C)c1Br. The van der Waals surface area contributed by atoms with Gasteiger partial charge in [0.1, 0.15) is 6.29 Å². The third-order valence-corrected chi connectivity index (χ3v) is 3.62. The van der Waals surface area contributed by atoms with E-state index in [0.717, 1.165) is 27.8 Å². The van der Waals surface area contributed by atoms with Crippen LogP contribution < -0.4 is 0 Å². The van der Waals surface area contributed by atoms with Crippen molar-refractivity contribution in [2.45, 2.75) is 13.8 Å². The largest absolute Gasteiger partial charge is 0.298 e. The summed E-state index contributed by atoms with van der Waals surface area (Å²) in [6, 6.07) is 7.34. The summed E-state index contributed by atoms with van der Waals surface area (Å²) in [6.45, 7) is 3.95. The van der Waals surface area contributed by atoms with Gasteiger partial charge in [0.05, 0.1) is 21.5 Å². The molecule has 2 aromatic rings. The van der Waals surface area contributed by atoms with Crippen LogP contribution in [0.25, 0.3) is 5.69 Å². The topological polar surface area (TPSA) is 34.9 Å². The van der Waals surface area contributed by atoms with Gasteiger partial charge in [-0.1, -0.05) is 0 Å². The zero-order chi connectivity index (χ0) is 11.7. The van der Waals surface area contributed by atoms with Crippen LogP contribution in [0.1, 0.15) is 21.7 Å². The number of hydrogen-bond donors (Lipinski definition) is 0. The second kappa shape index (κ2) is 4.22. The fourth-order valence-electron chi connectivity index (χ4n) is 1.57. The summed E-state index contributed by atoms with van der Waals surface area (Å²) in [7, 11) is 0. The Morgan fingerprint density at radius 3 is 2.31 bits per heavy atom. The molecule has 0 spiro atoms. The van der Waals surface area contributed by atoms with E-state index in [-0.39, 0.29) is 0 Å². The molecule has 0 atom stereocenters. The fourth-order valence-corrected chi connectivity index (χ4v) is 1.82. The van der Waals surface area contributed by atoms with Crippen LogP contribution in [0.2, 0.25) is 0 Å². The van der Waals surface area contributed by atoms with Crippen LogP contribution in [0.4, 0.5) is 0 Å². The summed E-state index contributed by atoms with van der Waals surface area (Å²) in [5.74, 6) is 0. The van der Waals surface area contributed by atoms with Gasteiger partial charge in [-0.15, -0.1) is 0 Å². The summed E-state index contributed by atoms with van der Waals surface area (Å²) < 4.78 is 2.88. The zero-order valence-electron chi connectivity index (χ0n) is 9.07. The summed E-state index contributed by atoms with van der Waals surface area (Å²) >= 11 is 3.49. The minimum Gasteiger partial charge on any atom is -0.298 e. The second-order valence-electron chi connectivity index (χ2n) is 3.61. The predicted molar refractivity (Wildman–Crippen MR) is 66.1 cm³/mol. The third kappa shape index (κ3) is 1.80. The van der Waals surface area contributed by atoms with Crippen LogP contribution in [0.5, 0.6) is 0 Å².